The number of esters is 1. The molecule has 0 amide bonds. The Morgan fingerprint density at radius 1 is 1.03 bits per heavy atom. The Bertz CT molecular complexity index is 1150. The van der Waals surface area contributed by atoms with E-state index >= 15 is 0 Å². The van der Waals surface area contributed by atoms with E-state index in [1.165, 1.54) is 7.11 Å². The molecule has 3 aromatic rings. The molecule has 0 aliphatic carbocycles. The first-order chi connectivity index (χ1) is 18.2. The number of benzene rings is 2. The summed E-state index contributed by atoms with van der Waals surface area (Å²) in [4.78, 5) is 20.2. The first-order valence-electron chi connectivity index (χ1n) is 13.8. The molecule has 2 N–H and O–H groups in total. The molecule has 38 heavy (non-hydrogen) atoms. The van der Waals surface area contributed by atoms with Crippen molar-refractivity contribution in [3.05, 3.63) is 64.7 Å². The fourth-order valence-electron chi connectivity index (χ4n) is 4.59. The minimum Gasteiger partial charge on any atom is -0.465 e. The summed E-state index contributed by atoms with van der Waals surface area (Å²) in [6.45, 7) is 16.8. The van der Waals surface area contributed by atoms with E-state index in [0.29, 0.717) is 29.0 Å². The number of nitrogens with one attached hydrogen (secondary N) is 2. The van der Waals surface area contributed by atoms with Crippen LogP contribution in [-0.2, 0) is 11.3 Å². The normalized spacial score (nSPS) is 13.7. The van der Waals surface area contributed by atoms with Crippen LogP contribution < -0.4 is 15.5 Å². The van der Waals surface area contributed by atoms with Gasteiger partial charge in [0.1, 0.15) is 11.4 Å². The number of ether oxygens (including phenoxy) is 1. The predicted molar refractivity (Wildman–Crippen MR) is 163 cm³/mol. The zero-order valence-electron chi connectivity index (χ0n) is 24.3. The molecular weight excluding hydrogens is 496 g/mol. The van der Waals surface area contributed by atoms with Crippen molar-refractivity contribution < 1.29 is 9.53 Å². The molecular formula is C31H45ClN4O2. The van der Waals surface area contributed by atoms with Gasteiger partial charge in [-0.15, -0.1) is 0 Å². The highest BCUT2D eigenvalue weighted by molar-refractivity contribution is 6.30. The number of pyridine rings is 1. The summed E-state index contributed by atoms with van der Waals surface area (Å²) >= 11 is 6.03. The van der Waals surface area contributed by atoms with Crippen molar-refractivity contribution in [1.29, 1.82) is 0 Å². The number of rotatable bonds is 6. The van der Waals surface area contributed by atoms with E-state index in [-0.39, 0.29) is 11.5 Å². The smallest absolute Gasteiger partial charge is 0.343 e. The van der Waals surface area contributed by atoms with Crippen molar-refractivity contribution in [2.75, 3.05) is 30.4 Å². The number of fused-ring (bicyclic) bond motifs is 1. The largest absolute Gasteiger partial charge is 0.465 e. The molecule has 2 aromatic carbocycles. The monoisotopic (exact) mass is 540 g/mol. The van der Waals surface area contributed by atoms with Crippen LogP contribution in [0.2, 0.25) is 5.02 Å². The average Bonchev–Trinajstić information content (AvgIpc) is 2.93. The zero-order valence-corrected chi connectivity index (χ0v) is 25.1. The van der Waals surface area contributed by atoms with Crippen LogP contribution in [0.25, 0.3) is 10.9 Å². The van der Waals surface area contributed by atoms with Gasteiger partial charge in [-0.3, -0.25) is 0 Å². The van der Waals surface area contributed by atoms with Crippen molar-refractivity contribution >= 4 is 40.0 Å². The minimum atomic E-state index is -0.387. The summed E-state index contributed by atoms with van der Waals surface area (Å²) in [5, 5.41) is 8.75. The van der Waals surface area contributed by atoms with Gasteiger partial charge in [0.2, 0.25) is 0 Å². The van der Waals surface area contributed by atoms with Crippen LogP contribution in [0.5, 0.6) is 0 Å². The predicted octanol–water partition coefficient (Wildman–Crippen LogP) is 7.70. The minimum absolute atomic E-state index is 0.0755. The molecule has 0 bridgehead atoms. The van der Waals surface area contributed by atoms with Gasteiger partial charge in [0.05, 0.1) is 18.3 Å². The third kappa shape index (κ3) is 8.34. The molecule has 0 radical (unpaired) electrons. The van der Waals surface area contributed by atoms with Gasteiger partial charge in [-0.25, -0.2) is 9.78 Å². The van der Waals surface area contributed by atoms with Crippen LogP contribution >= 0.6 is 11.6 Å². The number of halogens is 1. The number of piperidine rings is 1. The Hall–Kier alpha value is -2.83. The summed E-state index contributed by atoms with van der Waals surface area (Å²) in [5.41, 5.74) is 3.35. The van der Waals surface area contributed by atoms with Gasteiger partial charge in [-0.1, -0.05) is 69.6 Å². The number of methoxy groups -OCH3 is 1. The molecule has 0 atom stereocenters. The number of aromatic nitrogens is 1. The molecule has 1 aliphatic heterocycles. The molecule has 0 spiro atoms. The lowest BCUT2D eigenvalue weighted by Gasteiger charge is -2.38. The van der Waals surface area contributed by atoms with Gasteiger partial charge < -0.3 is 20.3 Å². The first kappa shape index (κ1) is 31.4. The van der Waals surface area contributed by atoms with Gasteiger partial charge in [0.15, 0.2) is 0 Å². The van der Waals surface area contributed by atoms with Crippen molar-refractivity contribution in [2.24, 2.45) is 0 Å². The molecule has 2 heterocycles. The van der Waals surface area contributed by atoms with Crippen LogP contribution in [0, 0.1) is 0 Å². The lowest BCUT2D eigenvalue weighted by molar-refractivity contribution is 0.0602. The lowest BCUT2D eigenvalue weighted by atomic mass is 9.98. The third-order valence-electron chi connectivity index (χ3n) is 6.08. The Morgan fingerprint density at radius 3 is 2.21 bits per heavy atom. The Kier molecular flexibility index (Phi) is 12.3. The van der Waals surface area contributed by atoms with E-state index in [0.717, 1.165) is 48.1 Å². The van der Waals surface area contributed by atoms with E-state index in [1.807, 2.05) is 76.2 Å². The quantitative estimate of drug-likeness (QED) is 0.312. The highest BCUT2D eigenvalue weighted by Crippen LogP contribution is 2.36. The van der Waals surface area contributed by atoms with Crippen molar-refractivity contribution in [2.45, 2.75) is 79.4 Å². The third-order valence-corrected chi connectivity index (χ3v) is 6.33. The van der Waals surface area contributed by atoms with Crippen LogP contribution in [0.4, 0.5) is 11.5 Å². The first-order valence-corrected chi connectivity index (χ1v) is 14.1. The number of carbonyl (C=O) groups excluding carboxylic acids is 1. The molecule has 1 aliphatic rings. The average molecular weight is 541 g/mol. The molecule has 4 rings (SSSR count). The Balaban J connectivity index is 0.00000121. The molecule has 7 heteroatoms. The van der Waals surface area contributed by atoms with Crippen molar-refractivity contribution in [3.63, 3.8) is 0 Å². The van der Waals surface area contributed by atoms with E-state index in [9.17, 15) is 4.79 Å². The summed E-state index contributed by atoms with van der Waals surface area (Å²) < 4.78 is 5.24. The second kappa shape index (κ2) is 14.9. The molecule has 1 saturated heterocycles. The Morgan fingerprint density at radius 2 is 1.63 bits per heavy atom. The highest BCUT2D eigenvalue weighted by Gasteiger charge is 2.29. The van der Waals surface area contributed by atoms with Gasteiger partial charge in [-0.05, 0) is 57.4 Å². The zero-order chi connectivity index (χ0) is 28.3. The standard InChI is InChI=1S/C27H33ClN4O2.2C2H6/c1-27(2,3)31-20-13-15-32(16-14-20)24-21-7-5-6-8-22(21)30-25(23(24)26(33)34-4)29-17-18-9-11-19(28)12-10-18;2*1-2/h5-12,20,31H,13-17H2,1-4H3,(H,29,30);2*1-2H3. The van der Waals surface area contributed by atoms with Gasteiger partial charge in [0.25, 0.3) is 0 Å². The van der Waals surface area contributed by atoms with E-state index in [4.69, 9.17) is 21.3 Å². The highest BCUT2D eigenvalue weighted by atomic mass is 35.5. The molecule has 0 unspecified atom stereocenters. The maximum absolute atomic E-state index is 13.1. The summed E-state index contributed by atoms with van der Waals surface area (Å²) in [6, 6.07) is 16.1. The van der Waals surface area contributed by atoms with Crippen molar-refractivity contribution in [3.8, 4) is 0 Å². The maximum atomic E-state index is 13.1. The van der Waals surface area contributed by atoms with Gasteiger partial charge >= 0.3 is 5.97 Å². The van der Waals surface area contributed by atoms with Crippen LogP contribution in [0.1, 0.15) is 77.2 Å². The van der Waals surface area contributed by atoms with Crippen LogP contribution in [0.15, 0.2) is 48.5 Å². The van der Waals surface area contributed by atoms with Crippen LogP contribution in [0.3, 0.4) is 0 Å². The van der Waals surface area contributed by atoms with E-state index in [2.05, 4.69) is 36.3 Å². The molecule has 6 nitrogen and oxygen atoms in total. The number of para-hydroxylation sites is 1. The summed E-state index contributed by atoms with van der Waals surface area (Å²) in [7, 11) is 1.42. The maximum Gasteiger partial charge on any atom is 0.343 e. The fourth-order valence-corrected chi connectivity index (χ4v) is 4.72. The fraction of sp³-hybridized carbons (Fsp3) is 0.484. The number of anilines is 2. The van der Waals surface area contributed by atoms with Gasteiger partial charge in [0, 0.05) is 41.6 Å². The number of hydrogen-bond acceptors (Lipinski definition) is 6. The van der Waals surface area contributed by atoms with E-state index < -0.39 is 0 Å². The summed E-state index contributed by atoms with van der Waals surface area (Å²) in [5.74, 6) is 0.146. The molecule has 1 fully saturated rings. The molecule has 0 saturated carbocycles. The lowest BCUT2D eigenvalue weighted by Crippen LogP contribution is -2.49. The second-order valence-electron chi connectivity index (χ2n) is 9.83. The topological polar surface area (TPSA) is 66.5 Å². The molecule has 1 aromatic heterocycles. The number of carbonyl (C=O) groups is 1. The summed E-state index contributed by atoms with van der Waals surface area (Å²) in [6.07, 6.45) is 2.00. The van der Waals surface area contributed by atoms with E-state index in [1.54, 1.807) is 0 Å². The number of nitrogens with zero attached hydrogens (tertiary/aromatic N) is 2. The SMILES string of the molecule is CC.CC.COC(=O)c1c(NCc2ccc(Cl)cc2)nc2ccccc2c1N1CCC(NC(C)(C)C)CC1. The van der Waals surface area contributed by atoms with Crippen LogP contribution in [-0.4, -0.2) is 42.7 Å². The second-order valence-corrected chi connectivity index (χ2v) is 10.3. The van der Waals surface area contributed by atoms with Crippen molar-refractivity contribution in [1.82, 2.24) is 10.3 Å². The number of hydrogen-bond donors (Lipinski definition) is 2. The molecule has 208 valence electrons. The Labute approximate surface area is 234 Å². The van der Waals surface area contributed by atoms with Gasteiger partial charge in [-0.2, -0.15) is 0 Å².